The fourth-order valence-corrected chi connectivity index (χ4v) is 3.19. The van der Waals surface area contributed by atoms with Crippen LogP contribution in [0.1, 0.15) is 22.8 Å². The number of alkyl halides is 3. The number of benzene rings is 1. The van der Waals surface area contributed by atoms with Gasteiger partial charge in [-0.05, 0) is 25.1 Å². The van der Waals surface area contributed by atoms with Crippen LogP contribution in [-0.2, 0) is 11.0 Å². The molecule has 10 heteroatoms. The molecule has 2 heterocycles. The molecule has 1 atom stereocenters. The smallest absolute Gasteiger partial charge is 0.334 e. The number of halogens is 4. The zero-order valence-corrected chi connectivity index (χ0v) is 13.7. The molecule has 2 fully saturated rings. The van der Waals surface area contributed by atoms with Gasteiger partial charge in [-0.1, -0.05) is 0 Å². The number of carbonyl (C=O) groups is 3. The number of piperazine rings is 1. The van der Waals surface area contributed by atoms with Crippen molar-refractivity contribution in [2.24, 2.45) is 0 Å². The third-order valence-electron chi connectivity index (χ3n) is 4.53. The molecule has 0 aliphatic carbocycles. The molecule has 2 aliphatic rings. The van der Waals surface area contributed by atoms with Gasteiger partial charge in [-0.2, -0.15) is 13.2 Å². The largest absolute Gasteiger partial charge is 0.419 e. The highest BCUT2D eigenvalue weighted by atomic mass is 19.4. The molecule has 0 N–H and O–H groups in total. The zero-order chi connectivity index (χ0) is 19.2. The summed E-state index contributed by atoms with van der Waals surface area (Å²) in [5, 5.41) is 0. The van der Waals surface area contributed by atoms with Crippen molar-refractivity contribution in [3.63, 3.8) is 0 Å². The van der Waals surface area contributed by atoms with Gasteiger partial charge in [-0.25, -0.2) is 9.18 Å². The maximum absolute atomic E-state index is 13.4. The van der Waals surface area contributed by atoms with Crippen molar-refractivity contribution in [3.05, 3.63) is 35.1 Å². The van der Waals surface area contributed by atoms with Crippen LogP contribution in [-0.4, -0.2) is 64.8 Å². The third-order valence-corrected chi connectivity index (χ3v) is 4.53. The summed E-state index contributed by atoms with van der Waals surface area (Å²) in [6.45, 7) is 1.91. The van der Waals surface area contributed by atoms with Crippen LogP contribution >= 0.6 is 0 Å². The number of hydrogen-bond acceptors (Lipinski definition) is 3. The monoisotopic (exact) mass is 373 g/mol. The molecule has 4 amide bonds. The van der Waals surface area contributed by atoms with Gasteiger partial charge in [-0.15, -0.1) is 0 Å². The van der Waals surface area contributed by atoms with Crippen LogP contribution in [0.15, 0.2) is 18.2 Å². The van der Waals surface area contributed by atoms with Crippen molar-refractivity contribution in [2.75, 3.05) is 26.2 Å². The standard InChI is InChI=1S/C16H15F4N3O3/c1-2-22-14(25)12-8-21(5-6-23(12)15(22)26)13(24)9-3-4-11(17)10(7-9)16(18,19)20/h3-4,7,12H,2,5-6,8H2,1H3. The predicted molar refractivity (Wildman–Crippen MR) is 80.6 cm³/mol. The number of rotatable bonds is 2. The van der Waals surface area contributed by atoms with Crippen molar-refractivity contribution in [2.45, 2.75) is 19.1 Å². The van der Waals surface area contributed by atoms with Crippen LogP contribution < -0.4 is 0 Å². The van der Waals surface area contributed by atoms with E-state index >= 15 is 0 Å². The van der Waals surface area contributed by atoms with E-state index in [0.717, 1.165) is 11.0 Å². The highest BCUT2D eigenvalue weighted by molar-refractivity contribution is 6.05. The lowest BCUT2D eigenvalue weighted by atomic mass is 10.1. The molecule has 0 spiro atoms. The highest BCUT2D eigenvalue weighted by Gasteiger charge is 2.47. The molecule has 2 aliphatic heterocycles. The molecule has 0 bridgehead atoms. The Morgan fingerprint density at radius 2 is 1.92 bits per heavy atom. The molecule has 26 heavy (non-hydrogen) atoms. The summed E-state index contributed by atoms with van der Waals surface area (Å²) in [7, 11) is 0. The van der Waals surface area contributed by atoms with Crippen molar-refractivity contribution in [1.82, 2.24) is 14.7 Å². The second kappa shape index (κ2) is 6.26. The molecule has 3 rings (SSSR count). The molecule has 0 aromatic heterocycles. The average Bonchev–Trinajstić information content (AvgIpc) is 2.83. The van der Waals surface area contributed by atoms with E-state index in [1.165, 1.54) is 9.80 Å². The average molecular weight is 373 g/mol. The van der Waals surface area contributed by atoms with Crippen molar-refractivity contribution >= 4 is 17.8 Å². The predicted octanol–water partition coefficient (Wildman–Crippen LogP) is 1.95. The number of nitrogens with zero attached hydrogens (tertiary/aromatic N) is 3. The first-order valence-electron chi connectivity index (χ1n) is 7.93. The van der Waals surface area contributed by atoms with E-state index in [2.05, 4.69) is 0 Å². The Hall–Kier alpha value is -2.65. The van der Waals surface area contributed by atoms with Gasteiger partial charge in [0.05, 0.1) is 12.1 Å². The fourth-order valence-electron chi connectivity index (χ4n) is 3.19. The number of hydrogen-bond donors (Lipinski definition) is 0. The molecule has 0 saturated carbocycles. The minimum atomic E-state index is -4.92. The number of fused-ring (bicyclic) bond motifs is 1. The molecular formula is C16H15F4N3O3. The van der Waals surface area contributed by atoms with Crippen LogP contribution in [0.4, 0.5) is 22.4 Å². The summed E-state index contributed by atoms with van der Waals surface area (Å²) < 4.78 is 51.9. The second-order valence-electron chi connectivity index (χ2n) is 6.02. The number of likely N-dealkylation sites (N-methyl/N-ethyl adjacent to an activating group) is 1. The molecule has 1 aromatic carbocycles. The normalized spacial score (nSPS) is 20.7. The number of carbonyl (C=O) groups excluding carboxylic acids is 3. The zero-order valence-electron chi connectivity index (χ0n) is 13.7. The Morgan fingerprint density at radius 3 is 2.54 bits per heavy atom. The SMILES string of the molecule is CCN1C(=O)C2CN(C(=O)c3ccc(F)c(C(F)(F)F)c3)CCN2C1=O. The van der Waals surface area contributed by atoms with Gasteiger partial charge in [0.2, 0.25) is 0 Å². The first kappa shape index (κ1) is 18.2. The maximum atomic E-state index is 13.4. The first-order valence-corrected chi connectivity index (χ1v) is 7.93. The second-order valence-corrected chi connectivity index (χ2v) is 6.02. The molecule has 0 radical (unpaired) electrons. The Labute approximate surface area is 145 Å². The van der Waals surface area contributed by atoms with Crippen LogP contribution in [0.2, 0.25) is 0 Å². The van der Waals surface area contributed by atoms with Gasteiger partial charge in [0, 0.05) is 25.2 Å². The van der Waals surface area contributed by atoms with E-state index in [4.69, 9.17) is 0 Å². The lowest BCUT2D eigenvalue weighted by Gasteiger charge is -2.35. The van der Waals surface area contributed by atoms with E-state index in [1.807, 2.05) is 0 Å². The third kappa shape index (κ3) is 2.89. The van der Waals surface area contributed by atoms with Crippen LogP contribution in [0, 0.1) is 5.82 Å². The topological polar surface area (TPSA) is 60.9 Å². The summed E-state index contributed by atoms with van der Waals surface area (Å²) in [6.07, 6.45) is -4.92. The van der Waals surface area contributed by atoms with E-state index in [1.54, 1.807) is 6.92 Å². The molecule has 1 unspecified atom stereocenters. The van der Waals surface area contributed by atoms with Crippen molar-refractivity contribution in [1.29, 1.82) is 0 Å². The quantitative estimate of drug-likeness (QED) is 0.588. The fraction of sp³-hybridized carbons (Fsp3) is 0.438. The molecule has 140 valence electrons. The summed E-state index contributed by atoms with van der Waals surface area (Å²) in [5.41, 5.74) is -1.84. The van der Waals surface area contributed by atoms with E-state index in [0.29, 0.717) is 12.1 Å². The van der Waals surface area contributed by atoms with Gasteiger partial charge in [0.15, 0.2) is 0 Å². The summed E-state index contributed by atoms with van der Waals surface area (Å²) >= 11 is 0. The van der Waals surface area contributed by atoms with E-state index < -0.39 is 41.4 Å². The highest BCUT2D eigenvalue weighted by Crippen LogP contribution is 2.32. The lowest BCUT2D eigenvalue weighted by molar-refractivity contribution is -0.140. The molecule has 2 saturated heterocycles. The van der Waals surface area contributed by atoms with Crippen LogP contribution in [0.5, 0.6) is 0 Å². The van der Waals surface area contributed by atoms with Gasteiger partial charge in [0.25, 0.3) is 11.8 Å². The van der Waals surface area contributed by atoms with Crippen LogP contribution in [0.25, 0.3) is 0 Å². The number of imide groups is 1. The van der Waals surface area contributed by atoms with Gasteiger partial charge >= 0.3 is 12.2 Å². The molecule has 6 nitrogen and oxygen atoms in total. The Morgan fingerprint density at radius 1 is 1.23 bits per heavy atom. The maximum Gasteiger partial charge on any atom is 0.419 e. The van der Waals surface area contributed by atoms with E-state index in [-0.39, 0.29) is 31.7 Å². The van der Waals surface area contributed by atoms with E-state index in [9.17, 15) is 31.9 Å². The summed E-state index contributed by atoms with van der Waals surface area (Å²) in [6, 6.07) is 0.747. The Bertz CT molecular complexity index is 780. The molecular weight excluding hydrogens is 358 g/mol. The summed E-state index contributed by atoms with van der Waals surface area (Å²) in [5.74, 6) is -2.65. The minimum absolute atomic E-state index is 0.0740. The minimum Gasteiger partial charge on any atom is -0.334 e. The Balaban J connectivity index is 1.82. The van der Waals surface area contributed by atoms with Gasteiger partial charge in [-0.3, -0.25) is 14.5 Å². The Kier molecular flexibility index (Phi) is 4.37. The van der Waals surface area contributed by atoms with Crippen molar-refractivity contribution in [3.8, 4) is 0 Å². The van der Waals surface area contributed by atoms with Gasteiger partial charge < -0.3 is 9.80 Å². The summed E-state index contributed by atoms with van der Waals surface area (Å²) in [4.78, 5) is 40.5. The lowest BCUT2D eigenvalue weighted by Crippen LogP contribution is -2.54. The van der Waals surface area contributed by atoms with Crippen LogP contribution in [0.3, 0.4) is 0 Å². The van der Waals surface area contributed by atoms with Gasteiger partial charge in [0.1, 0.15) is 11.9 Å². The number of urea groups is 1. The molecule has 1 aromatic rings. The van der Waals surface area contributed by atoms with Crippen molar-refractivity contribution < 1.29 is 31.9 Å². The first-order chi connectivity index (χ1) is 12.1. The number of amides is 4.